The van der Waals surface area contributed by atoms with Gasteiger partial charge in [0.15, 0.2) is 0 Å². The monoisotopic (exact) mass is 204 g/mol. The number of rotatable bonds is 3. The third-order valence-electron chi connectivity index (χ3n) is 2.52. The molecule has 1 aromatic carbocycles. The molecule has 1 heterocycles. The number of carboxylic acid groups (broad SMARTS) is 1. The molecule has 0 aliphatic rings. The zero-order valence-corrected chi connectivity index (χ0v) is 8.40. The van der Waals surface area contributed by atoms with E-state index in [4.69, 9.17) is 5.11 Å². The number of aromatic amines is 1. The lowest BCUT2D eigenvalue weighted by Gasteiger charge is -2.06. The van der Waals surface area contributed by atoms with Crippen molar-refractivity contribution in [2.75, 3.05) is 0 Å². The largest absolute Gasteiger partial charge is 0.481 e. The molecule has 0 bridgehead atoms. The molecule has 2 N–H and O–H groups in total. The van der Waals surface area contributed by atoms with E-state index in [0.717, 1.165) is 16.5 Å². The molecule has 4 heteroatoms. The maximum absolute atomic E-state index is 10.8. The summed E-state index contributed by atoms with van der Waals surface area (Å²) in [7, 11) is 0. The Morgan fingerprint density at radius 3 is 3.13 bits per heavy atom. The van der Waals surface area contributed by atoms with E-state index in [0.29, 0.717) is 6.42 Å². The quantitative estimate of drug-likeness (QED) is 0.801. The summed E-state index contributed by atoms with van der Waals surface area (Å²) >= 11 is 0. The van der Waals surface area contributed by atoms with Crippen LogP contribution in [0.4, 0.5) is 0 Å². The van der Waals surface area contributed by atoms with Crippen molar-refractivity contribution in [1.82, 2.24) is 10.2 Å². The standard InChI is InChI=1S/C11H12N2O2/c1-7(11(14)15)5-8-3-2-4-10-9(8)6-12-13-10/h2-4,6-7H,5H2,1H3,(H,12,13)(H,14,15). The highest BCUT2D eigenvalue weighted by atomic mass is 16.4. The predicted molar refractivity (Wildman–Crippen MR) is 56.6 cm³/mol. The lowest BCUT2D eigenvalue weighted by molar-refractivity contribution is -0.141. The summed E-state index contributed by atoms with van der Waals surface area (Å²) in [6.45, 7) is 1.71. The van der Waals surface area contributed by atoms with E-state index in [1.807, 2.05) is 18.2 Å². The van der Waals surface area contributed by atoms with Gasteiger partial charge in [0.2, 0.25) is 0 Å². The van der Waals surface area contributed by atoms with E-state index in [-0.39, 0.29) is 5.92 Å². The first-order valence-corrected chi connectivity index (χ1v) is 4.82. The van der Waals surface area contributed by atoms with Crippen LogP contribution in [0.25, 0.3) is 10.9 Å². The van der Waals surface area contributed by atoms with Crippen LogP contribution in [0.5, 0.6) is 0 Å². The molecule has 0 amide bonds. The minimum atomic E-state index is -0.768. The molecular formula is C11H12N2O2. The number of hydrogen-bond acceptors (Lipinski definition) is 2. The minimum absolute atomic E-state index is 0.370. The van der Waals surface area contributed by atoms with Crippen molar-refractivity contribution in [3.63, 3.8) is 0 Å². The fourth-order valence-corrected chi connectivity index (χ4v) is 1.62. The maximum atomic E-state index is 10.8. The molecule has 0 fully saturated rings. The molecule has 1 unspecified atom stereocenters. The molecular weight excluding hydrogens is 192 g/mol. The second-order valence-electron chi connectivity index (χ2n) is 3.69. The zero-order chi connectivity index (χ0) is 10.8. The maximum Gasteiger partial charge on any atom is 0.306 e. The summed E-state index contributed by atoms with van der Waals surface area (Å²) in [6, 6.07) is 5.78. The number of nitrogens with zero attached hydrogens (tertiary/aromatic N) is 1. The number of aromatic nitrogens is 2. The molecule has 1 atom stereocenters. The Bertz CT molecular complexity index is 490. The first-order valence-electron chi connectivity index (χ1n) is 4.82. The Hall–Kier alpha value is -1.84. The number of hydrogen-bond donors (Lipinski definition) is 2. The van der Waals surface area contributed by atoms with E-state index in [1.165, 1.54) is 0 Å². The average molecular weight is 204 g/mol. The molecule has 0 saturated heterocycles. The summed E-state index contributed by atoms with van der Waals surface area (Å²) in [5.74, 6) is -1.14. The number of H-pyrrole nitrogens is 1. The van der Waals surface area contributed by atoms with Gasteiger partial charge in [-0.1, -0.05) is 19.1 Å². The second kappa shape index (κ2) is 3.73. The average Bonchev–Trinajstić information content (AvgIpc) is 2.66. The molecule has 1 aromatic heterocycles. The number of benzene rings is 1. The van der Waals surface area contributed by atoms with E-state index >= 15 is 0 Å². The topological polar surface area (TPSA) is 66.0 Å². The van der Waals surface area contributed by atoms with Gasteiger partial charge in [-0.05, 0) is 18.1 Å². The van der Waals surface area contributed by atoms with Crippen molar-refractivity contribution in [3.05, 3.63) is 30.0 Å². The Morgan fingerprint density at radius 2 is 2.40 bits per heavy atom. The van der Waals surface area contributed by atoms with Crippen molar-refractivity contribution >= 4 is 16.9 Å². The highest BCUT2D eigenvalue weighted by Crippen LogP contribution is 2.19. The minimum Gasteiger partial charge on any atom is -0.481 e. The van der Waals surface area contributed by atoms with E-state index in [2.05, 4.69) is 10.2 Å². The summed E-state index contributed by atoms with van der Waals surface area (Å²) in [5.41, 5.74) is 1.97. The van der Waals surface area contributed by atoms with E-state index in [9.17, 15) is 4.79 Å². The molecule has 2 aromatic rings. The smallest absolute Gasteiger partial charge is 0.306 e. The van der Waals surface area contributed by atoms with Gasteiger partial charge in [-0.3, -0.25) is 9.89 Å². The molecule has 78 valence electrons. The van der Waals surface area contributed by atoms with Crippen LogP contribution in [0.3, 0.4) is 0 Å². The fourth-order valence-electron chi connectivity index (χ4n) is 1.62. The summed E-state index contributed by atoms with van der Waals surface area (Å²) in [4.78, 5) is 10.8. The van der Waals surface area contributed by atoms with Gasteiger partial charge in [0.05, 0.1) is 17.6 Å². The Labute approximate surface area is 86.9 Å². The lowest BCUT2D eigenvalue weighted by Crippen LogP contribution is -2.12. The van der Waals surface area contributed by atoms with Crippen LogP contribution in [0.1, 0.15) is 12.5 Å². The highest BCUT2D eigenvalue weighted by molar-refractivity contribution is 5.82. The normalized spacial score (nSPS) is 12.9. The number of carboxylic acids is 1. The van der Waals surface area contributed by atoms with E-state index in [1.54, 1.807) is 13.1 Å². The molecule has 0 aliphatic carbocycles. The van der Waals surface area contributed by atoms with Gasteiger partial charge < -0.3 is 5.11 Å². The van der Waals surface area contributed by atoms with Gasteiger partial charge in [-0.15, -0.1) is 0 Å². The summed E-state index contributed by atoms with van der Waals surface area (Å²) < 4.78 is 0. The first kappa shape index (κ1) is 9.71. The van der Waals surface area contributed by atoms with Crippen molar-refractivity contribution in [2.24, 2.45) is 5.92 Å². The first-order chi connectivity index (χ1) is 7.18. The molecule has 4 nitrogen and oxygen atoms in total. The van der Waals surface area contributed by atoms with Gasteiger partial charge in [0.25, 0.3) is 0 Å². The van der Waals surface area contributed by atoms with Crippen molar-refractivity contribution in [1.29, 1.82) is 0 Å². The number of aliphatic carboxylic acids is 1. The number of fused-ring (bicyclic) bond motifs is 1. The molecule has 2 rings (SSSR count). The molecule has 15 heavy (non-hydrogen) atoms. The number of nitrogens with one attached hydrogen (secondary N) is 1. The van der Waals surface area contributed by atoms with E-state index < -0.39 is 5.97 Å². The van der Waals surface area contributed by atoms with Crippen LogP contribution in [0.2, 0.25) is 0 Å². The van der Waals surface area contributed by atoms with Gasteiger partial charge in [-0.2, -0.15) is 5.10 Å². The molecule has 0 saturated carbocycles. The van der Waals surface area contributed by atoms with Crippen LogP contribution in [0, 0.1) is 5.92 Å². The zero-order valence-electron chi connectivity index (χ0n) is 8.40. The van der Waals surface area contributed by atoms with Gasteiger partial charge in [0.1, 0.15) is 0 Å². The SMILES string of the molecule is CC(Cc1cccc2[nH]ncc12)C(=O)O. The lowest BCUT2D eigenvalue weighted by atomic mass is 9.99. The fraction of sp³-hybridized carbons (Fsp3) is 0.273. The summed E-state index contributed by atoms with van der Waals surface area (Å²) in [6.07, 6.45) is 2.27. The van der Waals surface area contributed by atoms with Crippen LogP contribution in [-0.4, -0.2) is 21.3 Å². The Morgan fingerprint density at radius 1 is 1.60 bits per heavy atom. The van der Waals surface area contributed by atoms with Crippen molar-refractivity contribution in [2.45, 2.75) is 13.3 Å². The third-order valence-corrected chi connectivity index (χ3v) is 2.52. The Kier molecular flexibility index (Phi) is 2.41. The van der Waals surface area contributed by atoms with Crippen LogP contribution >= 0.6 is 0 Å². The summed E-state index contributed by atoms with van der Waals surface area (Å²) in [5, 5.41) is 16.7. The van der Waals surface area contributed by atoms with Crippen LogP contribution < -0.4 is 0 Å². The van der Waals surface area contributed by atoms with Crippen LogP contribution in [-0.2, 0) is 11.2 Å². The molecule has 0 spiro atoms. The number of carbonyl (C=O) groups is 1. The molecule has 0 radical (unpaired) electrons. The van der Waals surface area contributed by atoms with Gasteiger partial charge in [-0.25, -0.2) is 0 Å². The van der Waals surface area contributed by atoms with Crippen molar-refractivity contribution in [3.8, 4) is 0 Å². The molecule has 0 aliphatic heterocycles. The van der Waals surface area contributed by atoms with Gasteiger partial charge >= 0.3 is 5.97 Å². The second-order valence-corrected chi connectivity index (χ2v) is 3.69. The van der Waals surface area contributed by atoms with Crippen molar-refractivity contribution < 1.29 is 9.90 Å². The van der Waals surface area contributed by atoms with Crippen LogP contribution in [0.15, 0.2) is 24.4 Å². The highest BCUT2D eigenvalue weighted by Gasteiger charge is 2.13. The Balaban J connectivity index is 2.35. The van der Waals surface area contributed by atoms with Gasteiger partial charge in [0, 0.05) is 5.39 Å². The predicted octanol–water partition coefficient (Wildman–Crippen LogP) is 1.83. The third kappa shape index (κ3) is 1.83.